The molecule has 138 valence electrons. The number of H-pyrrole nitrogens is 1. The third-order valence-electron chi connectivity index (χ3n) is 4.97. The fourth-order valence-corrected chi connectivity index (χ4v) is 4.06. The SMILES string of the molecule is COc1ccc2ncccc2c1-c1[nH]c2ccc(Br)cc2c1CCCCN. The number of aromatic nitrogens is 2. The van der Waals surface area contributed by atoms with E-state index in [2.05, 4.69) is 50.2 Å². The Bertz CT molecular complexity index is 1100. The van der Waals surface area contributed by atoms with Crippen LogP contribution in [-0.4, -0.2) is 23.6 Å². The monoisotopic (exact) mass is 423 g/mol. The summed E-state index contributed by atoms with van der Waals surface area (Å²) in [6.45, 7) is 0.711. The predicted molar refractivity (Wildman–Crippen MR) is 115 cm³/mol. The Morgan fingerprint density at radius 1 is 1.11 bits per heavy atom. The number of unbranched alkanes of at least 4 members (excludes halogenated alkanes) is 1. The number of fused-ring (bicyclic) bond motifs is 2. The molecule has 0 fully saturated rings. The molecule has 4 aromatic rings. The third kappa shape index (κ3) is 3.33. The fourth-order valence-electron chi connectivity index (χ4n) is 3.70. The van der Waals surface area contributed by atoms with Crippen LogP contribution < -0.4 is 10.5 Å². The second-order valence-electron chi connectivity index (χ2n) is 6.63. The van der Waals surface area contributed by atoms with Crippen molar-refractivity contribution in [1.29, 1.82) is 0 Å². The lowest BCUT2D eigenvalue weighted by Crippen LogP contribution is -2.00. The van der Waals surface area contributed by atoms with Crippen molar-refractivity contribution < 1.29 is 4.74 Å². The Morgan fingerprint density at radius 2 is 2.00 bits per heavy atom. The van der Waals surface area contributed by atoms with Gasteiger partial charge in [-0.2, -0.15) is 0 Å². The van der Waals surface area contributed by atoms with Crippen LogP contribution in [-0.2, 0) is 6.42 Å². The van der Waals surface area contributed by atoms with E-state index >= 15 is 0 Å². The van der Waals surface area contributed by atoms with Gasteiger partial charge in [0.2, 0.25) is 0 Å². The van der Waals surface area contributed by atoms with Crippen LogP contribution in [0.15, 0.2) is 53.1 Å². The number of aryl methyl sites for hydroxylation is 1. The van der Waals surface area contributed by atoms with Crippen LogP contribution in [0.5, 0.6) is 5.75 Å². The standard InChI is InChI=1S/C22H22BrN3O/c1-27-20-10-9-18-16(6-4-12-25-18)21(20)22-15(5-2-3-11-24)17-13-14(23)7-8-19(17)26-22/h4,6-10,12-13,26H,2-3,5,11,24H2,1H3. The van der Waals surface area contributed by atoms with Gasteiger partial charge in [-0.1, -0.05) is 22.0 Å². The van der Waals surface area contributed by atoms with Crippen molar-refractivity contribution in [1.82, 2.24) is 9.97 Å². The highest BCUT2D eigenvalue weighted by atomic mass is 79.9. The van der Waals surface area contributed by atoms with E-state index in [1.54, 1.807) is 7.11 Å². The lowest BCUT2D eigenvalue weighted by Gasteiger charge is -2.13. The lowest BCUT2D eigenvalue weighted by molar-refractivity contribution is 0.417. The zero-order valence-corrected chi connectivity index (χ0v) is 16.8. The van der Waals surface area contributed by atoms with Crippen LogP contribution in [0, 0.1) is 0 Å². The molecule has 0 aliphatic carbocycles. The number of ether oxygens (including phenoxy) is 1. The summed E-state index contributed by atoms with van der Waals surface area (Å²) in [4.78, 5) is 8.16. The first-order valence-corrected chi connectivity index (χ1v) is 9.94. The number of nitrogens with one attached hydrogen (secondary N) is 1. The zero-order chi connectivity index (χ0) is 18.8. The number of methoxy groups -OCH3 is 1. The number of benzene rings is 2. The van der Waals surface area contributed by atoms with E-state index in [-0.39, 0.29) is 0 Å². The summed E-state index contributed by atoms with van der Waals surface area (Å²) in [5, 5.41) is 2.32. The summed E-state index contributed by atoms with van der Waals surface area (Å²) >= 11 is 3.61. The first-order chi connectivity index (χ1) is 13.2. The summed E-state index contributed by atoms with van der Waals surface area (Å²) in [6.07, 6.45) is 4.84. The van der Waals surface area contributed by atoms with Gasteiger partial charge < -0.3 is 15.5 Å². The maximum atomic E-state index is 5.73. The predicted octanol–water partition coefficient (Wildman–Crippen LogP) is 5.44. The molecule has 27 heavy (non-hydrogen) atoms. The highest BCUT2D eigenvalue weighted by Gasteiger charge is 2.19. The summed E-state index contributed by atoms with van der Waals surface area (Å²) in [5.74, 6) is 0.848. The van der Waals surface area contributed by atoms with Crippen LogP contribution in [0.2, 0.25) is 0 Å². The maximum Gasteiger partial charge on any atom is 0.128 e. The number of halogens is 1. The number of nitrogens with two attached hydrogens (primary N) is 1. The van der Waals surface area contributed by atoms with E-state index in [1.807, 2.05) is 24.4 Å². The van der Waals surface area contributed by atoms with Crippen molar-refractivity contribution >= 4 is 37.7 Å². The number of pyridine rings is 1. The van der Waals surface area contributed by atoms with Gasteiger partial charge in [-0.3, -0.25) is 4.98 Å². The van der Waals surface area contributed by atoms with E-state index in [1.165, 1.54) is 10.9 Å². The van der Waals surface area contributed by atoms with Crippen molar-refractivity contribution in [2.75, 3.05) is 13.7 Å². The van der Waals surface area contributed by atoms with Crippen LogP contribution >= 0.6 is 15.9 Å². The Kier molecular flexibility index (Phi) is 5.14. The van der Waals surface area contributed by atoms with Crippen molar-refractivity contribution in [2.45, 2.75) is 19.3 Å². The molecule has 3 N–H and O–H groups in total. The van der Waals surface area contributed by atoms with Crippen LogP contribution in [0.1, 0.15) is 18.4 Å². The summed E-state index contributed by atoms with van der Waals surface area (Å²) in [6, 6.07) is 14.4. The third-order valence-corrected chi connectivity index (χ3v) is 5.46. The molecule has 5 heteroatoms. The highest BCUT2D eigenvalue weighted by molar-refractivity contribution is 9.10. The Balaban J connectivity index is 2.01. The lowest BCUT2D eigenvalue weighted by atomic mass is 9.97. The minimum absolute atomic E-state index is 0.711. The minimum atomic E-state index is 0.711. The summed E-state index contributed by atoms with van der Waals surface area (Å²) < 4.78 is 6.81. The summed E-state index contributed by atoms with van der Waals surface area (Å²) in [7, 11) is 1.72. The fraction of sp³-hybridized carbons (Fsp3) is 0.227. The molecular weight excluding hydrogens is 402 g/mol. The molecule has 0 saturated heterocycles. The van der Waals surface area contributed by atoms with Gasteiger partial charge in [0.15, 0.2) is 0 Å². The largest absolute Gasteiger partial charge is 0.496 e. The van der Waals surface area contributed by atoms with Crippen LogP contribution in [0.4, 0.5) is 0 Å². The van der Waals surface area contributed by atoms with Gasteiger partial charge in [0.1, 0.15) is 5.75 Å². The molecule has 0 radical (unpaired) electrons. The summed E-state index contributed by atoms with van der Waals surface area (Å²) in [5.41, 5.74) is 11.3. The Hall–Kier alpha value is -2.37. The van der Waals surface area contributed by atoms with Gasteiger partial charge >= 0.3 is 0 Å². The molecule has 0 saturated carbocycles. The number of nitrogens with zero attached hydrogens (tertiary/aromatic N) is 1. The quantitative estimate of drug-likeness (QED) is 0.406. The van der Waals surface area contributed by atoms with Crippen molar-refractivity contribution in [3.05, 3.63) is 58.7 Å². The Labute approximate surface area is 166 Å². The van der Waals surface area contributed by atoms with Gasteiger partial charge in [-0.15, -0.1) is 0 Å². The van der Waals surface area contributed by atoms with E-state index < -0.39 is 0 Å². The van der Waals surface area contributed by atoms with Crippen molar-refractivity contribution in [2.24, 2.45) is 5.73 Å². The van der Waals surface area contributed by atoms with Crippen LogP contribution in [0.25, 0.3) is 33.1 Å². The molecule has 0 unspecified atom stereocenters. The van der Waals surface area contributed by atoms with E-state index in [0.29, 0.717) is 6.54 Å². The zero-order valence-electron chi connectivity index (χ0n) is 15.3. The van der Waals surface area contributed by atoms with Gasteiger partial charge in [-0.25, -0.2) is 0 Å². The molecule has 2 aromatic heterocycles. The minimum Gasteiger partial charge on any atom is -0.496 e. The number of rotatable bonds is 6. The molecule has 2 heterocycles. The van der Waals surface area contributed by atoms with E-state index in [4.69, 9.17) is 10.5 Å². The van der Waals surface area contributed by atoms with Crippen molar-refractivity contribution in [3.8, 4) is 17.0 Å². The van der Waals surface area contributed by atoms with Gasteiger partial charge in [0, 0.05) is 32.5 Å². The molecule has 4 rings (SSSR count). The molecule has 0 amide bonds. The molecule has 0 aliphatic rings. The molecule has 0 atom stereocenters. The molecule has 0 bridgehead atoms. The van der Waals surface area contributed by atoms with Gasteiger partial charge in [0.25, 0.3) is 0 Å². The first-order valence-electron chi connectivity index (χ1n) is 9.15. The average Bonchev–Trinajstić information content (AvgIpc) is 3.04. The molecule has 4 nitrogen and oxygen atoms in total. The number of hydrogen-bond acceptors (Lipinski definition) is 3. The second-order valence-corrected chi connectivity index (χ2v) is 7.54. The van der Waals surface area contributed by atoms with Gasteiger partial charge in [-0.05, 0) is 67.8 Å². The molecule has 2 aromatic carbocycles. The number of aromatic amines is 1. The maximum absolute atomic E-state index is 5.73. The topological polar surface area (TPSA) is 63.9 Å². The number of hydrogen-bond donors (Lipinski definition) is 2. The van der Waals surface area contributed by atoms with E-state index in [0.717, 1.165) is 57.2 Å². The van der Waals surface area contributed by atoms with E-state index in [9.17, 15) is 0 Å². The van der Waals surface area contributed by atoms with Gasteiger partial charge in [0.05, 0.1) is 18.3 Å². The highest BCUT2D eigenvalue weighted by Crippen LogP contribution is 2.41. The molecule has 0 aliphatic heterocycles. The smallest absolute Gasteiger partial charge is 0.128 e. The normalized spacial score (nSPS) is 11.4. The molecular formula is C22H22BrN3O. The van der Waals surface area contributed by atoms with Crippen LogP contribution in [0.3, 0.4) is 0 Å². The Morgan fingerprint density at radius 3 is 2.81 bits per heavy atom. The first kappa shape index (κ1) is 18.0. The average molecular weight is 424 g/mol. The molecule has 0 spiro atoms. The van der Waals surface area contributed by atoms with Crippen molar-refractivity contribution in [3.63, 3.8) is 0 Å². The second kappa shape index (κ2) is 7.71.